The molecule has 1 saturated heterocycles. The molecule has 0 saturated carbocycles. The smallest absolute Gasteiger partial charge is 0.256 e. The Hall–Kier alpha value is -2.15. The van der Waals surface area contributed by atoms with E-state index in [1.54, 1.807) is 18.1 Å². The standard InChI is InChI=1S/C16H24N4O3/c1-3-15(21)17-7-4-8-19(2)16(22)13-11-18-20(12-13)14-5-9-23-10-6-14/h3,11-12,14H,1,4-10H2,2H3,(H,17,21). The van der Waals surface area contributed by atoms with Gasteiger partial charge in [0.2, 0.25) is 5.91 Å². The van der Waals surface area contributed by atoms with Gasteiger partial charge in [0.25, 0.3) is 5.91 Å². The molecule has 1 aromatic rings. The lowest BCUT2D eigenvalue weighted by Crippen LogP contribution is -2.31. The van der Waals surface area contributed by atoms with Gasteiger partial charge >= 0.3 is 0 Å². The molecule has 1 N–H and O–H groups in total. The Kier molecular flexibility index (Phi) is 6.34. The summed E-state index contributed by atoms with van der Waals surface area (Å²) in [5.74, 6) is -0.255. The summed E-state index contributed by atoms with van der Waals surface area (Å²) in [6.45, 7) is 5.96. The van der Waals surface area contributed by atoms with E-state index in [2.05, 4.69) is 17.0 Å². The van der Waals surface area contributed by atoms with Crippen molar-refractivity contribution in [1.29, 1.82) is 0 Å². The number of ether oxygens (including phenoxy) is 1. The van der Waals surface area contributed by atoms with Gasteiger partial charge in [0.1, 0.15) is 0 Å². The lowest BCUT2D eigenvalue weighted by atomic mass is 10.1. The van der Waals surface area contributed by atoms with Gasteiger partial charge < -0.3 is 15.0 Å². The Morgan fingerprint density at radius 1 is 1.52 bits per heavy atom. The monoisotopic (exact) mass is 320 g/mol. The molecule has 1 fully saturated rings. The highest BCUT2D eigenvalue weighted by molar-refractivity contribution is 5.93. The van der Waals surface area contributed by atoms with Crippen LogP contribution in [0, 0.1) is 0 Å². The van der Waals surface area contributed by atoms with Crippen molar-refractivity contribution >= 4 is 11.8 Å². The Morgan fingerprint density at radius 2 is 2.26 bits per heavy atom. The summed E-state index contributed by atoms with van der Waals surface area (Å²) >= 11 is 0. The first-order chi connectivity index (χ1) is 11.1. The lowest BCUT2D eigenvalue weighted by molar-refractivity contribution is -0.116. The van der Waals surface area contributed by atoms with Crippen molar-refractivity contribution < 1.29 is 14.3 Å². The second-order valence-corrected chi connectivity index (χ2v) is 5.63. The molecule has 2 amide bonds. The third kappa shape index (κ3) is 4.92. The molecule has 0 aromatic carbocycles. The van der Waals surface area contributed by atoms with Crippen LogP contribution in [0.25, 0.3) is 0 Å². The van der Waals surface area contributed by atoms with Gasteiger partial charge in [-0.15, -0.1) is 0 Å². The second-order valence-electron chi connectivity index (χ2n) is 5.63. The molecule has 0 radical (unpaired) electrons. The number of rotatable bonds is 7. The third-order valence-corrected chi connectivity index (χ3v) is 3.92. The van der Waals surface area contributed by atoms with Crippen molar-refractivity contribution in [3.8, 4) is 0 Å². The summed E-state index contributed by atoms with van der Waals surface area (Å²) in [6, 6.07) is 0.310. The number of carbonyl (C=O) groups excluding carboxylic acids is 2. The molecular weight excluding hydrogens is 296 g/mol. The molecule has 1 aliphatic rings. The summed E-state index contributed by atoms with van der Waals surface area (Å²) in [5.41, 5.74) is 0.592. The molecule has 0 atom stereocenters. The number of hydrogen-bond acceptors (Lipinski definition) is 4. The highest BCUT2D eigenvalue weighted by Gasteiger charge is 2.19. The average Bonchev–Trinajstić information content (AvgIpc) is 3.08. The minimum atomic E-state index is -0.197. The number of nitrogens with one attached hydrogen (secondary N) is 1. The van der Waals surface area contributed by atoms with E-state index in [0.29, 0.717) is 31.1 Å². The van der Waals surface area contributed by atoms with Crippen LogP contribution in [-0.2, 0) is 9.53 Å². The quantitative estimate of drug-likeness (QED) is 0.601. The molecule has 2 rings (SSSR count). The molecule has 0 spiro atoms. The molecule has 0 bridgehead atoms. The molecule has 7 heteroatoms. The van der Waals surface area contributed by atoms with Crippen molar-refractivity contribution in [3.05, 3.63) is 30.6 Å². The first kappa shape index (κ1) is 17.2. The van der Waals surface area contributed by atoms with Gasteiger partial charge in [-0.25, -0.2) is 0 Å². The summed E-state index contributed by atoms with van der Waals surface area (Å²) in [5, 5.41) is 7.01. The van der Waals surface area contributed by atoms with E-state index in [9.17, 15) is 9.59 Å². The molecule has 23 heavy (non-hydrogen) atoms. The predicted molar refractivity (Wildman–Crippen MR) is 86.1 cm³/mol. The first-order valence-corrected chi connectivity index (χ1v) is 7.89. The summed E-state index contributed by atoms with van der Waals surface area (Å²) < 4.78 is 7.21. The highest BCUT2D eigenvalue weighted by atomic mass is 16.5. The van der Waals surface area contributed by atoms with Crippen LogP contribution in [-0.4, -0.2) is 59.8 Å². The third-order valence-electron chi connectivity index (χ3n) is 3.92. The molecule has 1 aliphatic heterocycles. The van der Waals surface area contributed by atoms with E-state index in [1.807, 2.05) is 10.9 Å². The van der Waals surface area contributed by atoms with Crippen LogP contribution in [0.1, 0.15) is 35.7 Å². The van der Waals surface area contributed by atoms with E-state index < -0.39 is 0 Å². The SMILES string of the molecule is C=CC(=O)NCCCN(C)C(=O)c1cnn(C2CCOCC2)c1. The average molecular weight is 320 g/mol. The van der Waals surface area contributed by atoms with Crippen LogP contribution in [0.5, 0.6) is 0 Å². The molecule has 0 unspecified atom stereocenters. The second kappa shape index (κ2) is 8.47. The van der Waals surface area contributed by atoms with Crippen molar-refractivity contribution in [2.24, 2.45) is 0 Å². The van der Waals surface area contributed by atoms with Gasteiger partial charge in [0.05, 0.1) is 17.8 Å². The zero-order valence-corrected chi connectivity index (χ0v) is 13.5. The fourth-order valence-corrected chi connectivity index (χ4v) is 2.52. The minimum Gasteiger partial charge on any atom is -0.381 e. The fourth-order valence-electron chi connectivity index (χ4n) is 2.52. The lowest BCUT2D eigenvalue weighted by Gasteiger charge is -2.22. The van der Waals surface area contributed by atoms with Crippen LogP contribution in [0.4, 0.5) is 0 Å². The maximum absolute atomic E-state index is 12.4. The van der Waals surface area contributed by atoms with Gasteiger partial charge in [-0.1, -0.05) is 6.58 Å². The van der Waals surface area contributed by atoms with Gasteiger partial charge in [0, 0.05) is 39.5 Å². The maximum Gasteiger partial charge on any atom is 0.256 e. The van der Waals surface area contributed by atoms with Crippen molar-refractivity contribution in [1.82, 2.24) is 20.0 Å². The molecule has 126 valence electrons. The molecular formula is C16H24N4O3. The van der Waals surface area contributed by atoms with Crippen molar-refractivity contribution in [2.45, 2.75) is 25.3 Å². The zero-order valence-electron chi connectivity index (χ0n) is 13.5. The summed E-state index contributed by atoms with van der Waals surface area (Å²) in [4.78, 5) is 25.0. The Morgan fingerprint density at radius 3 is 2.96 bits per heavy atom. The topological polar surface area (TPSA) is 76.5 Å². The number of nitrogens with zero attached hydrogens (tertiary/aromatic N) is 3. The Bertz CT molecular complexity index is 549. The van der Waals surface area contributed by atoms with Crippen molar-refractivity contribution in [3.63, 3.8) is 0 Å². The van der Waals surface area contributed by atoms with Crippen molar-refractivity contribution in [2.75, 3.05) is 33.4 Å². The van der Waals surface area contributed by atoms with Crippen LogP contribution in [0.3, 0.4) is 0 Å². The number of amides is 2. The Labute approximate surface area is 136 Å². The van der Waals surface area contributed by atoms with Crippen LogP contribution in [0.15, 0.2) is 25.0 Å². The van der Waals surface area contributed by atoms with Gasteiger partial charge in [-0.05, 0) is 25.3 Å². The van der Waals surface area contributed by atoms with Crippen LogP contribution >= 0.6 is 0 Å². The van der Waals surface area contributed by atoms with Crippen LogP contribution in [0.2, 0.25) is 0 Å². The van der Waals surface area contributed by atoms with E-state index in [1.165, 1.54) is 6.08 Å². The predicted octanol–water partition coefficient (Wildman–Crippen LogP) is 0.999. The van der Waals surface area contributed by atoms with E-state index >= 15 is 0 Å². The summed E-state index contributed by atoms with van der Waals surface area (Å²) in [7, 11) is 1.75. The summed E-state index contributed by atoms with van der Waals surface area (Å²) in [6.07, 6.45) is 7.21. The first-order valence-electron chi connectivity index (χ1n) is 7.89. The van der Waals surface area contributed by atoms with Crippen LogP contribution < -0.4 is 5.32 Å². The largest absolute Gasteiger partial charge is 0.381 e. The molecule has 0 aliphatic carbocycles. The van der Waals surface area contributed by atoms with Gasteiger partial charge in [-0.2, -0.15) is 5.10 Å². The van der Waals surface area contributed by atoms with E-state index in [0.717, 1.165) is 26.1 Å². The number of hydrogen-bond donors (Lipinski definition) is 1. The van der Waals surface area contributed by atoms with E-state index in [4.69, 9.17) is 4.74 Å². The highest BCUT2D eigenvalue weighted by Crippen LogP contribution is 2.20. The number of carbonyl (C=O) groups is 2. The maximum atomic E-state index is 12.4. The number of aromatic nitrogens is 2. The fraction of sp³-hybridized carbons (Fsp3) is 0.562. The molecule has 1 aromatic heterocycles. The molecule has 7 nitrogen and oxygen atoms in total. The minimum absolute atomic E-state index is 0.0571. The van der Waals surface area contributed by atoms with E-state index in [-0.39, 0.29) is 11.8 Å². The van der Waals surface area contributed by atoms with Gasteiger partial charge in [0.15, 0.2) is 0 Å². The normalized spacial score (nSPS) is 15.2. The van der Waals surface area contributed by atoms with Gasteiger partial charge in [-0.3, -0.25) is 14.3 Å². The molecule has 2 heterocycles. The zero-order chi connectivity index (χ0) is 16.7. The Balaban J connectivity index is 1.81.